The first kappa shape index (κ1) is 14.8. The molecule has 0 unspecified atom stereocenters. The number of aromatic nitrogens is 2. The molecule has 2 aromatic rings. The largest absolute Gasteiger partial charge is 0.306 e. The predicted octanol–water partition coefficient (Wildman–Crippen LogP) is 3.44. The van der Waals surface area contributed by atoms with E-state index in [1.54, 1.807) is 0 Å². The van der Waals surface area contributed by atoms with Crippen LogP contribution in [0.2, 0.25) is 0 Å². The van der Waals surface area contributed by atoms with Crippen molar-refractivity contribution in [3.05, 3.63) is 52.8 Å². The summed E-state index contributed by atoms with van der Waals surface area (Å²) in [7, 11) is 0. The van der Waals surface area contributed by atoms with Gasteiger partial charge in [-0.05, 0) is 51.8 Å². The van der Waals surface area contributed by atoms with Crippen molar-refractivity contribution in [2.75, 3.05) is 0 Å². The average Bonchev–Trinajstić information content (AvgIpc) is 2.78. The molecule has 0 fully saturated rings. The maximum atomic E-state index is 4.46. The molecular formula is C17H25N3. The van der Waals surface area contributed by atoms with Crippen LogP contribution < -0.4 is 5.32 Å². The maximum absolute atomic E-state index is 4.46. The highest BCUT2D eigenvalue weighted by Crippen LogP contribution is 2.13. The summed E-state index contributed by atoms with van der Waals surface area (Å²) in [4.78, 5) is 0. The van der Waals surface area contributed by atoms with Crippen LogP contribution in [0.4, 0.5) is 0 Å². The van der Waals surface area contributed by atoms with Crippen molar-refractivity contribution in [1.29, 1.82) is 0 Å². The van der Waals surface area contributed by atoms with Gasteiger partial charge in [0.1, 0.15) is 0 Å². The molecule has 20 heavy (non-hydrogen) atoms. The summed E-state index contributed by atoms with van der Waals surface area (Å²) in [6.45, 7) is 12.5. The topological polar surface area (TPSA) is 29.9 Å². The van der Waals surface area contributed by atoms with E-state index < -0.39 is 0 Å². The van der Waals surface area contributed by atoms with Gasteiger partial charge in [-0.3, -0.25) is 4.68 Å². The lowest BCUT2D eigenvalue weighted by Gasteiger charge is -2.21. The molecular weight excluding hydrogens is 246 g/mol. The molecule has 0 saturated heterocycles. The summed E-state index contributed by atoms with van der Waals surface area (Å²) in [5.74, 6) is 0. The molecule has 0 amide bonds. The summed E-state index contributed by atoms with van der Waals surface area (Å²) in [6, 6.07) is 8.67. The van der Waals surface area contributed by atoms with Gasteiger partial charge >= 0.3 is 0 Å². The van der Waals surface area contributed by atoms with E-state index in [0.29, 0.717) is 0 Å². The van der Waals surface area contributed by atoms with Crippen LogP contribution in [0.25, 0.3) is 0 Å². The maximum Gasteiger partial charge on any atom is 0.0665 e. The minimum absolute atomic E-state index is 0.119. The molecule has 3 nitrogen and oxygen atoms in total. The Hall–Kier alpha value is -1.61. The van der Waals surface area contributed by atoms with E-state index in [-0.39, 0.29) is 5.54 Å². The number of hydrogen-bond acceptors (Lipinski definition) is 2. The van der Waals surface area contributed by atoms with Crippen LogP contribution in [0.1, 0.15) is 43.2 Å². The second-order valence-corrected chi connectivity index (χ2v) is 6.51. The highest BCUT2D eigenvalue weighted by atomic mass is 15.3. The average molecular weight is 271 g/mol. The van der Waals surface area contributed by atoms with Crippen molar-refractivity contribution < 1.29 is 0 Å². The smallest absolute Gasteiger partial charge is 0.0665 e. The molecule has 0 atom stereocenters. The van der Waals surface area contributed by atoms with E-state index in [1.165, 1.54) is 22.4 Å². The number of aryl methyl sites for hydroxylation is 2. The Kier molecular flexibility index (Phi) is 4.29. The van der Waals surface area contributed by atoms with E-state index in [0.717, 1.165) is 13.1 Å². The highest BCUT2D eigenvalue weighted by Gasteiger charge is 2.11. The zero-order valence-corrected chi connectivity index (χ0v) is 13.2. The Morgan fingerprint density at radius 2 is 1.90 bits per heavy atom. The van der Waals surface area contributed by atoms with Gasteiger partial charge in [0.05, 0.1) is 12.2 Å². The molecule has 108 valence electrons. The van der Waals surface area contributed by atoms with Crippen molar-refractivity contribution in [1.82, 2.24) is 15.1 Å². The number of nitrogens with zero attached hydrogens (tertiary/aromatic N) is 2. The minimum Gasteiger partial charge on any atom is -0.306 e. The minimum atomic E-state index is 0.119. The zero-order valence-electron chi connectivity index (χ0n) is 13.2. The molecule has 2 rings (SSSR count). The molecule has 3 heteroatoms. The number of rotatable bonds is 4. The third kappa shape index (κ3) is 3.94. The van der Waals surface area contributed by atoms with E-state index in [9.17, 15) is 0 Å². The Morgan fingerprint density at radius 3 is 2.60 bits per heavy atom. The fraction of sp³-hybridized carbons (Fsp3) is 0.471. The van der Waals surface area contributed by atoms with Gasteiger partial charge in [0.15, 0.2) is 0 Å². The summed E-state index contributed by atoms with van der Waals surface area (Å²) in [5, 5.41) is 7.98. The van der Waals surface area contributed by atoms with Crippen LogP contribution >= 0.6 is 0 Å². The molecule has 1 aromatic carbocycles. The van der Waals surface area contributed by atoms with Crippen molar-refractivity contribution >= 4 is 0 Å². The normalized spacial score (nSPS) is 11.8. The van der Waals surface area contributed by atoms with Crippen molar-refractivity contribution in [3.63, 3.8) is 0 Å². The molecule has 0 aliphatic heterocycles. The zero-order chi connectivity index (χ0) is 14.8. The summed E-state index contributed by atoms with van der Waals surface area (Å²) < 4.78 is 2.08. The van der Waals surface area contributed by atoms with E-state index in [2.05, 4.69) is 74.0 Å². The fourth-order valence-electron chi connectivity index (χ4n) is 2.14. The Labute approximate surface area is 122 Å². The van der Waals surface area contributed by atoms with Gasteiger partial charge in [0, 0.05) is 18.3 Å². The molecule has 0 spiro atoms. The van der Waals surface area contributed by atoms with E-state index in [1.807, 2.05) is 6.20 Å². The van der Waals surface area contributed by atoms with Crippen LogP contribution in [0.15, 0.2) is 30.5 Å². The molecule has 0 aliphatic carbocycles. The third-order valence-corrected chi connectivity index (χ3v) is 3.43. The lowest BCUT2D eigenvalue weighted by atomic mass is 10.1. The molecule has 0 aliphatic rings. The first-order valence-corrected chi connectivity index (χ1v) is 7.17. The van der Waals surface area contributed by atoms with Gasteiger partial charge in [0.25, 0.3) is 0 Å². The van der Waals surface area contributed by atoms with Crippen LogP contribution in [-0.2, 0) is 13.1 Å². The standard InChI is InChI=1S/C17H25N3/c1-13-6-7-14(2)15(10-13)12-20-16(8-9-19-20)11-18-17(3,4)5/h6-10,18H,11-12H2,1-5H3. The molecule has 1 heterocycles. The summed E-state index contributed by atoms with van der Waals surface area (Å²) in [5.41, 5.74) is 5.30. The van der Waals surface area contributed by atoms with Gasteiger partial charge in [-0.15, -0.1) is 0 Å². The second kappa shape index (κ2) is 5.80. The predicted molar refractivity (Wildman–Crippen MR) is 83.8 cm³/mol. The van der Waals surface area contributed by atoms with E-state index in [4.69, 9.17) is 0 Å². The molecule has 1 aromatic heterocycles. The number of benzene rings is 1. The van der Waals surface area contributed by atoms with Gasteiger partial charge in [-0.2, -0.15) is 5.10 Å². The first-order chi connectivity index (χ1) is 9.35. The van der Waals surface area contributed by atoms with Crippen LogP contribution in [-0.4, -0.2) is 15.3 Å². The fourth-order valence-corrected chi connectivity index (χ4v) is 2.14. The molecule has 0 bridgehead atoms. The van der Waals surface area contributed by atoms with Crippen molar-refractivity contribution in [3.8, 4) is 0 Å². The second-order valence-electron chi connectivity index (χ2n) is 6.51. The van der Waals surface area contributed by atoms with Gasteiger partial charge in [0.2, 0.25) is 0 Å². The lowest BCUT2D eigenvalue weighted by molar-refractivity contribution is 0.414. The van der Waals surface area contributed by atoms with Crippen LogP contribution in [0.3, 0.4) is 0 Å². The quantitative estimate of drug-likeness (QED) is 0.923. The Balaban J connectivity index is 2.14. The van der Waals surface area contributed by atoms with Gasteiger partial charge in [-0.25, -0.2) is 0 Å². The SMILES string of the molecule is Cc1ccc(C)c(Cn2nccc2CNC(C)(C)C)c1. The van der Waals surface area contributed by atoms with Gasteiger partial charge in [-0.1, -0.05) is 23.8 Å². The van der Waals surface area contributed by atoms with E-state index >= 15 is 0 Å². The number of hydrogen-bond donors (Lipinski definition) is 1. The first-order valence-electron chi connectivity index (χ1n) is 7.17. The van der Waals surface area contributed by atoms with Crippen LogP contribution in [0, 0.1) is 13.8 Å². The van der Waals surface area contributed by atoms with Gasteiger partial charge < -0.3 is 5.32 Å². The number of nitrogens with one attached hydrogen (secondary N) is 1. The summed E-state index contributed by atoms with van der Waals surface area (Å²) in [6.07, 6.45) is 1.88. The molecule has 0 radical (unpaired) electrons. The lowest BCUT2D eigenvalue weighted by Crippen LogP contribution is -2.35. The van der Waals surface area contributed by atoms with Crippen LogP contribution in [0.5, 0.6) is 0 Å². The Morgan fingerprint density at radius 1 is 1.15 bits per heavy atom. The third-order valence-electron chi connectivity index (χ3n) is 3.43. The summed E-state index contributed by atoms with van der Waals surface area (Å²) >= 11 is 0. The molecule has 0 saturated carbocycles. The van der Waals surface area contributed by atoms with Crippen molar-refractivity contribution in [2.24, 2.45) is 0 Å². The molecule has 1 N–H and O–H groups in total. The highest BCUT2D eigenvalue weighted by molar-refractivity contribution is 5.30. The van der Waals surface area contributed by atoms with Crippen molar-refractivity contribution in [2.45, 2.75) is 53.2 Å². The monoisotopic (exact) mass is 271 g/mol. The Bertz CT molecular complexity index is 576.